The van der Waals surface area contributed by atoms with Gasteiger partial charge < -0.3 is 10.4 Å². The Morgan fingerprint density at radius 3 is 2.56 bits per heavy atom. The third-order valence-corrected chi connectivity index (χ3v) is 3.43. The highest BCUT2D eigenvalue weighted by atomic mass is 16.4. The molecule has 1 rings (SSSR count). The normalized spacial score (nSPS) is 14.4. The van der Waals surface area contributed by atoms with Gasteiger partial charge in [-0.3, -0.25) is 9.48 Å². The maximum absolute atomic E-state index is 11.3. The number of carboxylic acids is 1. The smallest absolute Gasteiger partial charge is 0.323 e. The molecule has 0 aromatic carbocycles. The summed E-state index contributed by atoms with van der Waals surface area (Å²) in [6.07, 6.45) is 1.90. The van der Waals surface area contributed by atoms with Crippen LogP contribution in [0.15, 0.2) is 0 Å². The number of aliphatic carboxylic acids is 1. The molecule has 0 spiro atoms. The molecule has 0 aliphatic carbocycles. The minimum Gasteiger partial charge on any atom is -0.480 e. The number of aryl methyl sites for hydroxylation is 3. The van der Waals surface area contributed by atoms with Crippen molar-refractivity contribution in [3.8, 4) is 0 Å². The van der Waals surface area contributed by atoms with E-state index in [1.807, 2.05) is 25.5 Å². The molecule has 0 radical (unpaired) electrons. The van der Waals surface area contributed by atoms with Crippen LogP contribution in [0.4, 0.5) is 0 Å². The van der Waals surface area contributed by atoms with Gasteiger partial charge in [-0.1, -0.05) is 6.92 Å². The third-order valence-electron chi connectivity index (χ3n) is 3.43. The molecule has 0 saturated heterocycles. The molecule has 102 valence electrons. The van der Waals surface area contributed by atoms with Crippen molar-refractivity contribution in [1.29, 1.82) is 0 Å². The average molecular weight is 254 g/mol. The van der Waals surface area contributed by atoms with Gasteiger partial charge in [-0.2, -0.15) is 5.10 Å². The van der Waals surface area contributed by atoms with Crippen molar-refractivity contribution in [3.05, 3.63) is 11.6 Å². The molecule has 18 heavy (non-hydrogen) atoms. The van der Waals surface area contributed by atoms with Crippen molar-refractivity contribution in [2.45, 2.75) is 52.1 Å². The van der Waals surface area contributed by atoms with E-state index in [-0.39, 0.29) is 0 Å². The number of carboxylic acid groups (broad SMARTS) is 1. The summed E-state index contributed by atoms with van der Waals surface area (Å²) < 4.78 is 1.83. The lowest BCUT2D eigenvalue weighted by Gasteiger charge is -2.27. The SMILES string of the molecule is CCC(CCCn1nc(C)nc1C)(NC)C(=O)O. The van der Waals surface area contributed by atoms with Gasteiger partial charge in [0.1, 0.15) is 17.2 Å². The van der Waals surface area contributed by atoms with Gasteiger partial charge in [0.2, 0.25) is 0 Å². The van der Waals surface area contributed by atoms with Gasteiger partial charge in [0.15, 0.2) is 0 Å². The van der Waals surface area contributed by atoms with Gasteiger partial charge in [0.25, 0.3) is 0 Å². The first-order chi connectivity index (χ1) is 8.45. The van der Waals surface area contributed by atoms with E-state index < -0.39 is 11.5 Å². The van der Waals surface area contributed by atoms with Crippen LogP contribution >= 0.6 is 0 Å². The topological polar surface area (TPSA) is 80.0 Å². The Hall–Kier alpha value is -1.43. The Bertz CT molecular complexity index is 410. The number of hydrogen-bond acceptors (Lipinski definition) is 4. The molecule has 1 unspecified atom stereocenters. The van der Waals surface area contributed by atoms with Crippen molar-refractivity contribution in [1.82, 2.24) is 20.1 Å². The van der Waals surface area contributed by atoms with Gasteiger partial charge >= 0.3 is 5.97 Å². The second-order valence-electron chi connectivity index (χ2n) is 4.52. The summed E-state index contributed by atoms with van der Waals surface area (Å²) in [6, 6.07) is 0. The molecule has 6 nitrogen and oxygen atoms in total. The first kappa shape index (κ1) is 14.6. The fourth-order valence-corrected chi connectivity index (χ4v) is 2.15. The molecule has 1 aromatic heterocycles. The minimum absolute atomic E-state index is 0.564. The van der Waals surface area contributed by atoms with E-state index in [1.165, 1.54) is 0 Å². The average Bonchev–Trinajstić information content (AvgIpc) is 2.63. The van der Waals surface area contributed by atoms with Crippen LogP contribution in [0.1, 0.15) is 37.8 Å². The van der Waals surface area contributed by atoms with E-state index in [9.17, 15) is 9.90 Å². The van der Waals surface area contributed by atoms with Crippen LogP contribution in [0, 0.1) is 13.8 Å². The predicted octanol–water partition coefficient (Wildman–Crippen LogP) is 1.13. The largest absolute Gasteiger partial charge is 0.480 e. The summed E-state index contributed by atoms with van der Waals surface area (Å²) in [7, 11) is 1.70. The highest BCUT2D eigenvalue weighted by Gasteiger charge is 2.34. The second-order valence-corrected chi connectivity index (χ2v) is 4.52. The van der Waals surface area contributed by atoms with Crippen molar-refractivity contribution in [2.24, 2.45) is 0 Å². The molecule has 0 fully saturated rings. The molecule has 0 aliphatic rings. The number of likely N-dealkylation sites (N-methyl/N-ethyl adjacent to an activating group) is 1. The van der Waals surface area contributed by atoms with Crippen molar-refractivity contribution >= 4 is 5.97 Å². The van der Waals surface area contributed by atoms with Gasteiger partial charge in [0, 0.05) is 6.54 Å². The van der Waals surface area contributed by atoms with Crippen molar-refractivity contribution < 1.29 is 9.90 Å². The molecular formula is C12H22N4O2. The van der Waals surface area contributed by atoms with E-state index in [0.29, 0.717) is 19.4 Å². The first-order valence-electron chi connectivity index (χ1n) is 6.25. The van der Waals surface area contributed by atoms with Gasteiger partial charge in [0.05, 0.1) is 0 Å². The Labute approximate surface area is 107 Å². The number of aromatic nitrogens is 3. The lowest BCUT2D eigenvalue weighted by Crippen LogP contribution is -2.49. The van der Waals surface area contributed by atoms with E-state index in [2.05, 4.69) is 15.4 Å². The van der Waals surface area contributed by atoms with Crippen LogP contribution in [-0.4, -0.2) is 38.4 Å². The highest BCUT2D eigenvalue weighted by molar-refractivity contribution is 5.78. The highest BCUT2D eigenvalue weighted by Crippen LogP contribution is 2.18. The predicted molar refractivity (Wildman–Crippen MR) is 68.4 cm³/mol. The van der Waals surface area contributed by atoms with Crippen LogP contribution in [0.5, 0.6) is 0 Å². The maximum Gasteiger partial charge on any atom is 0.323 e. The Morgan fingerprint density at radius 1 is 1.50 bits per heavy atom. The molecule has 0 saturated carbocycles. The standard InChI is InChI=1S/C12H22N4O2/c1-5-12(13-4,11(17)18)7-6-8-16-10(3)14-9(2)15-16/h13H,5-8H2,1-4H3,(H,17,18). The van der Waals surface area contributed by atoms with Gasteiger partial charge in [-0.05, 0) is 40.2 Å². The summed E-state index contributed by atoms with van der Waals surface area (Å²) >= 11 is 0. The summed E-state index contributed by atoms with van der Waals surface area (Å²) in [6.45, 7) is 6.34. The summed E-state index contributed by atoms with van der Waals surface area (Å²) in [4.78, 5) is 15.5. The maximum atomic E-state index is 11.3. The zero-order valence-electron chi connectivity index (χ0n) is 11.5. The molecule has 6 heteroatoms. The minimum atomic E-state index is -0.830. The van der Waals surface area contributed by atoms with Gasteiger partial charge in [-0.25, -0.2) is 4.98 Å². The first-order valence-corrected chi connectivity index (χ1v) is 6.25. The van der Waals surface area contributed by atoms with E-state index in [0.717, 1.165) is 18.1 Å². The van der Waals surface area contributed by atoms with Gasteiger partial charge in [-0.15, -0.1) is 0 Å². The zero-order valence-corrected chi connectivity index (χ0v) is 11.5. The number of nitrogens with zero attached hydrogens (tertiary/aromatic N) is 3. The molecular weight excluding hydrogens is 232 g/mol. The fraction of sp³-hybridized carbons (Fsp3) is 0.750. The number of rotatable bonds is 7. The molecule has 1 heterocycles. The monoisotopic (exact) mass is 254 g/mol. The number of nitrogens with one attached hydrogen (secondary N) is 1. The molecule has 2 N–H and O–H groups in total. The molecule has 1 aromatic rings. The number of carbonyl (C=O) groups is 1. The van der Waals surface area contributed by atoms with Crippen molar-refractivity contribution in [3.63, 3.8) is 0 Å². The van der Waals surface area contributed by atoms with Crippen LogP contribution in [-0.2, 0) is 11.3 Å². The lowest BCUT2D eigenvalue weighted by molar-refractivity contribution is -0.145. The summed E-state index contributed by atoms with van der Waals surface area (Å²) in [5.41, 5.74) is -0.830. The third kappa shape index (κ3) is 3.07. The Kier molecular flexibility index (Phi) is 4.84. The molecule has 0 bridgehead atoms. The molecule has 0 aliphatic heterocycles. The summed E-state index contributed by atoms with van der Waals surface area (Å²) in [5.74, 6) is 0.828. The lowest BCUT2D eigenvalue weighted by atomic mass is 9.90. The van der Waals surface area contributed by atoms with Crippen molar-refractivity contribution in [2.75, 3.05) is 7.05 Å². The van der Waals surface area contributed by atoms with E-state index >= 15 is 0 Å². The molecule has 1 atom stereocenters. The van der Waals surface area contributed by atoms with E-state index in [1.54, 1.807) is 7.05 Å². The Balaban J connectivity index is 2.59. The number of hydrogen-bond donors (Lipinski definition) is 2. The Morgan fingerprint density at radius 2 is 2.17 bits per heavy atom. The quantitative estimate of drug-likeness (QED) is 0.762. The fourth-order valence-electron chi connectivity index (χ4n) is 2.15. The van der Waals surface area contributed by atoms with Crippen LogP contribution < -0.4 is 5.32 Å². The molecule has 0 amide bonds. The van der Waals surface area contributed by atoms with E-state index in [4.69, 9.17) is 0 Å². The van der Waals surface area contributed by atoms with Crippen LogP contribution in [0.3, 0.4) is 0 Å². The zero-order chi connectivity index (χ0) is 13.8. The van der Waals surface area contributed by atoms with Crippen LogP contribution in [0.25, 0.3) is 0 Å². The summed E-state index contributed by atoms with van der Waals surface area (Å²) in [5, 5.41) is 16.5. The second kappa shape index (κ2) is 5.95. The van der Waals surface area contributed by atoms with Crippen LogP contribution in [0.2, 0.25) is 0 Å².